The number of methoxy groups -OCH3 is 2. The summed E-state index contributed by atoms with van der Waals surface area (Å²) >= 11 is 0. The molecule has 0 saturated carbocycles. The molecule has 2 fully saturated rings. The molecule has 12 nitrogen and oxygen atoms in total. The number of ether oxygens (including phenoxy) is 4. The molecule has 1 amide bonds. The van der Waals surface area contributed by atoms with Gasteiger partial charge in [-0.2, -0.15) is 0 Å². The van der Waals surface area contributed by atoms with Crippen LogP contribution in [0.2, 0.25) is 0 Å². The first-order valence-corrected chi connectivity index (χ1v) is 15.3. The van der Waals surface area contributed by atoms with Gasteiger partial charge in [-0.15, -0.1) is 0 Å². The Labute approximate surface area is 275 Å². The Morgan fingerprint density at radius 2 is 1.60 bits per heavy atom. The van der Waals surface area contributed by atoms with Crippen LogP contribution in [0.4, 0.5) is 11.4 Å². The number of carbonyl (C=O) groups is 3. The lowest BCUT2D eigenvalue weighted by Crippen LogP contribution is -2.76. The molecular formula is C36H31N3O9. The standard InChI is InChI=1S/C36H31N3O9/c1-45-24-18-16-22(17-19-24)38-30(31(34(38)41)48-25-8-4-3-5-9-25)32-36(20-47-27-11-7-6-10-26(27)33(36)40)28(29(37-32)35(42)46-2)21-12-14-23(15-13-21)39(43)44/h3-19,28-32,37H,20H2,1-2H3/t28-,29+,30+,31-,32+,36+/m0/s1. The average molecular weight is 650 g/mol. The largest absolute Gasteiger partial charge is 0.497 e. The third-order valence-corrected chi connectivity index (χ3v) is 9.53. The monoisotopic (exact) mass is 649 g/mol. The number of fused-ring (bicyclic) bond motifs is 1. The van der Waals surface area contributed by atoms with Crippen LogP contribution in [0.3, 0.4) is 0 Å². The van der Waals surface area contributed by atoms with Gasteiger partial charge < -0.3 is 23.8 Å². The summed E-state index contributed by atoms with van der Waals surface area (Å²) < 4.78 is 23.2. The van der Waals surface area contributed by atoms with Gasteiger partial charge in [-0.3, -0.25) is 29.8 Å². The number of nitrogens with zero attached hydrogens (tertiary/aromatic N) is 2. The molecule has 4 aromatic carbocycles. The van der Waals surface area contributed by atoms with E-state index in [4.69, 9.17) is 18.9 Å². The number of amides is 1. The van der Waals surface area contributed by atoms with E-state index in [1.54, 1.807) is 96.9 Å². The van der Waals surface area contributed by atoms with Crippen molar-refractivity contribution in [2.24, 2.45) is 5.41 Å². The Balaban J connectivity index is 1.42. The highest BCUT2D eigenvalue weighted by Crippen LogP contribution is 2.55. The summed E-state index contributed by atoms with van der Waals surface area (Å²) in [5.74, 6) is -0.767. The number of non-ortho nitro benzene ring substituents is 1. The second-order valence-corrected chi connectivity index (χ2v) is 11.9. The van der Waals surface area contributed by atoms with Gasteiger partial charge in [-0.05, 0) is 54.1 Å². The maximum atomic E-state index is 15.0. The highest BCUT2D eigenvalue weighted by atomic mass is 16.6. The summed E-state index contributed by atoms with van der Waals surface area (Å²) in [6.07, 6.45) is -1.05. The van der Waals surface area contributed by atoms with E-state index in [1.165, 1.54) is 19.2 Å². The number of nitrogens with one attached hydrogen (secondary N) is 1. The van der Waals surface area contributed by atoms with E-state index in [2.05, 4.69) is 5.32 Å². The van der Waals surface area contributed by atoms with Gasteiger partial charge in [0.15, 0.2) is 11.9 Å². The molecular weight excluding hydrogens is 618 g/mol. The number of rotatable bonds is 8. The van der Waals surface area contributed by atoms with Crippen molar-refractivity contribution in [3.63, 3.8) is 0 Å². The Kier molecular flexibility index (Phi) is 7.80. The first-order valence-electron chi connectivity index (χ1n) is 15.3. The van der Waals surface area contributed by atoms with Crippen molar-refractivity contribution < 1.29 is 38.3 Å². The van der Waals surface area contributed by atoms with Gasteiger partial charge in [0, 0.05) is 29.8 Å². The molecule has 4 aromatic rings. The quantitative estimate of drug-likeness (QED) is 0.127. The van der Waals surface area contributed by atoms with Gasteiger partial charge in [-0.25, -0.2) is 0 Å². The molecule has 7 rings (SSSR count). The first-order chi connectivity index (χ1) is 23.3. The summed E-state index contributed by atoms with van der Waals surface area (Å²) in [7, 11) is 2.80. The molecule has 3 heterocycles. The summed E-state index contributed by atoms with van der Waals surface area (Å²) in [5, 5.41) is 14.9. The number of nitro benzene ring substituents is 1. The molecule has 48 heavy (non-hydrogen) atoms. The molecule has 1 spiro atoms. The van der Waals surface area contributed by atoms with Gasteiger partial charge in [0.05, 0.1) is 36.2 Å². The fraction of sp³-hybridized carbons (Fsp3) is 0.250. The zero-order valence-electron chi connectivity index (χ0n) is 26.0. The molecule has 12 heteroatoms. The van der Waals surface area contributed by atoms with Crippen LogP contribution in [-0.4, -0.2) is 67.6 Å². The number of esters is 1. The number of carbonyl (C=O) groups excluding carboxylic acids is 3. The van der Waals surface area contributed by atoms with Gasteiger partial charge in [0.25, 0.3) is 11.6 Å². The SMILES string of the molecule is COC(=O)[C@@H]1N[C@H]([C@H]2[C@H](Oc3ccccc3)C(=O)N2c2ccc(OC)cc2)[C@@]2(COc3ccccc3C2=O)[C@H]1c1ccc([N+](=O)[O-])cc1. The molecule has 0 radical (unpaired) electrons. The number of benzene rings is 4. The molecule has 0 aliphatic carbocycles. The first kappa shape index (κ1) is 30.9. The fourth-order valence-electron chi connectivity index (χ4n) is 7.33. The van der Waals surface area contributed by atoms with Crippen LogP contribution in [0.25, 0.3) is 0 Å². The minimum atomic E-state index is -1.50. The minimum Gasteiger partial charge on any atom is -0.497 e. The van der Waals surface area contributed by atoms with E-state index in [9.17, 15) is 19.7 Å². The van der Waals surface area contributed by atoms with Crippen LogP contribution >= 0.6 is 0 Å². The summed E-state index contributed by atoms with van der Waals surface area (Å²) in [6, 6.07) is 25.6. The van der Waals surface area contributed by atoms with Gasteiger partial charge in [0.1, 0.15) is 29.9 Å². The fourth-order valence-corrected chi connectivity index (χ4v) is 7.33. The highest BCUT2D eigenvalue weighted by Gasteiger charge is 2.70. The van der Waals surface area contributed by atoms with Crippen molar-refractivity contribution in [2.75, 3.05) is 25.7 Å². The van der Waals surface area contributed by atoms with Crippen molar-refractivity contribution in [3.8, 4) is 17.2 Å². The molecule has 6 atom stereocenters. The Bertz CT molecular complexity index is 1880. The second-order valence-electron chi connectivity index (χ2n) is 11.9. The topological polar surface area (TPSA) is 147 Å². The third kappa shape index (κ3) is 4.83. The lowest BCUT2D eigenvalue weighted by Gasteiger charge is -2.53. The van der Waals surface area contributed by atoms with Crippen LogP contribution in [-0.2, 0) is 14.3 Å². The third-order valence-electron chi connectivity index (χ3n) is 9.53. The van der Waals surface area contributed by atoms with Crippen LogP contribution in [0.1, 0.15) is 21.8 Å². The number of ketones is 1. The van der Waals surface area contributed by atoms with E-state index in [1.807, 2.05) is 6.07 Å². The van der Waals surface area contributed by atoms with Gasteiger partial charge >= 0.3 is 5.97 Å². The zero-order valence-corrected chi connectivity index (χ0v) is 26.0. The van der Waals surface area contributed by atoms with Crippen LogP contribution < -0.4 is 24.4 Å². The molecule has 0 bridgehead atoms. The van der Waals surface area contributed by atoms with E-state index in [-0.39, 0.29) is 24.0 Å². The molecule has 0 unspecified atom stereocenters. The molecule has 1 N–H and O–H groups in total. The Morgan fingerprint density at radius 3 is 2.27 bits per heavy atom. The smallest absolute Gasteiger partial charge is 0.323 e. The maximum absolute atomic E-state index is 15.0. The number of Topliss-reactive ketones (excluding diaryl/α,β-unsaturated/α-hetero) is 1. The van der Waals surface area contributed by atoms with E-state index in [0.29, 0.717) is 34.1 Å². The number of hydrogen-bond acceptors (Lipinski definition) is 10. The summed E-state index contributed by atoms with van der Waals surface area (Å²) in [6.45, 7) is -0.158. The molecule has 244 valence electrons. The van der Waals surface area contributed by atoms with E-state index >= 15 is 4.79 Å². The summed E-state index contributed by atoms with van der Waals surface area (Å²) in [4.78, 5) is 55.3. The van der Waals surface area contributed by atoms with Crippen molar-refractivity contribution in [1.29, 1.82) is 0 Å². The average Bonchev–Trinajstić information content (AvgIpc) is 3.45. The van der Waals surface area contributed by atoms with Crippen LogP contribution in [0, 0.1) is 15.5 Å². The number of anilines is 1. The van der Waals surface area contributed by atoms with E-state index in [0.717, 1.165) is 0 Å². The van der Waals surface area contributed by atoms with Crippen LogP contribution in [0.15, 0.2) is 103 Å². The Morgan fingerprint density at radius 1 is 0.917 bits per heavy atom. The molecule has 2 saturated heterocycles. The highest BCUT2D eigenvalue weighted by molar-refractivity contribution is 6.09. The minimum absolute atomic E-state index is 0.145. The zero-order chi connectivity index (χ0) is 33.6. The Hall–Kier alpha value is -5.75. The number of nitro groups is 1. The van der Waals surface area contributed by atoms with Crippen molar-refractivity contribution in [1.82, 2.24) is 5.32 Å². The lowest BCUT2D eigenvalue weighted by molar-refractivity contribution is -0.384. The molecule has 3 aliphatic rings. The summed E-state index contributed by atoms with van der Waals surface area (Å²) in [5.41, 5.74) is -0.307. The lowest BCUT2D eigenvalue weighted by atomic mass is 9.61. The molecule has 0 aromatic heterocycles. The maximum Gasteiger partial charge on any atom is 0.323 e. The normalized spacial score (nSPS) is 25.9. The number of β-lactam (4-membered cyclic amide) rings is 1. The van der Waals surface area contributed by atoms with Gasteiger partial charge in [0.2, 0.25) is 0 Å². The van der Waals surface area contributed by atoms with Crippen LogP contribution in [0.5, 0.6) is 17.2 Å². The van der Waals surface area contributed by atoms with Gasteiger partial charge in [-0.1, -0.05) is 42.5 Å². The van der Waals surface area contributed by atoms with E-state index < -0.39 is 46.5 Å². The van der Waals surface area contributed by atoms with Crippen molar-refractivity contribution >= 4 is 29.0 Å². The second kappa shape index (κ2) is 12.1. The predicted molar refractivity (Wildman–Crippen MR) is 172 cm³/mol. The van der Waals surface area contributed by atoms with Crippen molar-refractivity contribution in [2.45, 2.75) is 30.1 Å². The predicted octanol–water partition coefficient (Wildman–Crippen LogP) is 4.33. The van der Waals surface area contributed by atoms with Crippen molar-refractivity contribution in [3.05, 3.63) is 124 Å². The number of hydrogen-bond donors (Lipinski definition) is 1. The number of para-hydroxylation sites is 2. The molecule has 3 aliphatic heterocycles.